The number of hydrogen-bond donors (Lipinski definition) is 2. The zero-order chi connectivity index (χ0) is 15.5. The van der Waals surface area contributed by atoms with Gasteiger partial charge in [-0.25, -0.2) is 21.6 Å². The number of thiophene rings is 1. The van der Waals surface area contributed by atoms with Crippen LogP contribution in [0.4, 0.5) is 0 Å². The summed E-state index contributed by atoms with van der Waals surface area (Å²) in [4.78, 5) is 0.987. The first-order chi connectivity index (χ1) is 9.82. The van der Waals surface area contributed by atoms with Crippen LogP contribution in [0.1, 0.15) is 17.7 Å². The van der Waals surface area contributed by atoms with E-state index in [-0.39, 0.29) is 15.7 Å². The standard InChI is InChI=1S/C12H20N2O4S3/c1-13-7-6-11-4-5-12(19-11)21(17,18)14-10-3-2-8-20(15,16)9-10/h4-5,10,13-14H,2-3,6-9H2,1H3. The van der Waals surface area contributed by atoms with E-state index in [1.807, 2.05) is 7.05 Å². The van der Waals surface area contributed by atoms with Gasteiger partial charge in [0.05, 0.1) is 11.5 Å². The highest BCUT2D eigenvalue weighted by molar-refractivity contribution is 7.92. The third kappa shape index (κ3) is 4.75. The minimum absolute atomic E-state index is 0.107. The molecule has 6 nitrogen and oxygen atoms in total. The average molecular weight is 353 g/mol. The summed E-state index contributed by atoms with van der Waals surface area (Å²) in [6.45, 7) is 0.786. The van der Waals surface area contributed by atoms with Crippen molar-refractivity contribution in [2.24, 2.45) is 0 Å². The molecule has 2 N–H and O–H groups in total. The van der Waals surface area contributed by atoms with E-state index >= 15 is 0 Å². The Balaban J connectivity index is 2.06. The van der Waals surface area contributed by atoms with Crippen molar-refractivity contribution in [2.45, 2.75) is 29.5 Å². The Hall–Kier alpha value is -0.480. The van der Waals surface area contributed by atoms with Crippen LogP contribution in [0.25, 0.3) is 0 Å². The van der Waals surface area contributed by atoms with Crippen LogP contribution in [-0.2, 0) is 26.3 Å². The Morgan fingerprint density at radius 2 is 2.14 bits per heavy atom. The van der Waals surface area contributed by atoms with Gasteiger partial charge in [0.25, 0.3) is 0 Å². The number of sulfonamides is 1. The largest absolute Gasteiger partial charge is 0.319 e. The highest BCUT2D eigenvalue weighted by Crippen LogP contribution is 2.23. The van der Waals surface area contributed by atoms with E-state index in [2.05, 4.69) is 10.0 Å². The van der Waals surface area contributed by atoms with Crippen molar-refractivity contribution in [3.05, 3.63) is 17.0 Å². The summed E-state index contributed by atoms with van der Waals surface area (Å²) in [7, 11) is -4.91. The summed E-state index contributed by atoms with van der Waals surface area (Å²) in [5.41, 5.74) is 0. The van der Waals surface area contributed by atoms with Gasteiger partial charge in [-0.05, 0) is 45.0 Å². The van der Waals surface area contributed by atoms with Gasteiger partial charge in [-0.2, -0.15) is 0 Å². The van der Waals surface area contributed by atoms with Crippen molar-refractivity contribution in [1.82, 2.24) is 10.0 Å². The molecule has 0 bridgehead atoms. The van der Waals surface area contributed by atoms with Crippen molar-refractivity contribution >= 4 is 31.2 Å². The first-order valence-corrected chi connectivity index (χ1v) is 10.9. The van der Waals surface area contributed by atoms with Crippen LogP contribution in [0.5, 0.6) is 0 Å². The lowest BCUT2D eigenvalue weighted by molar-refractivity contribution is 0.518. The molecular formula is C12H20N2O4S3. The van der Waals surface area contributed by atoms with Gasteiger partial charge >= 0.3 is 0 Å². The number of likely N-dealkylation sites (N-methyl/N-ethyl adjacent to an activating group) is 1. The Morgan fingerprint density at radius 3 is 2.81 bits per heavy atom. The number of nitrogens with one attached hydrogen (secondary N) is 2. The van der Waals surface area contributed by atoms with E-state index in [9.17, 15) is 16.8 Å². The molecule has 1 saturated heterocycles. The van der Waals surface area contributed by atoms with Crippen molar-refractivity contribution in [1.29, 1.82) is 0 Å². The highest BCUT2D eigenvalue weighted by Gasteiger charge is 2.29. The maximum absolute atomic E-state index is 12.3. The number of sulfone groups is 1. The SMILES string of the molecule is CNCCc1ccc(S(=O)(=O)NC2CCCS(=O)(=O)C2)s1. The topological polar surface area (TPSA) is 92.3 Å². The third-order valence-electron chi connectivity index (χ3n) is 3.31. The Labute approximate surface area is 129 Å². The van der Waals surface area contributed by atoms with E-state index in [1.165, 1.54) is 11.3 Å². The summed E-state index contributed by atoms with van der Waals surface area (Å²) in [6, 6.07) is 2.86. The first kappa shape index (κ1) is 16.9. The Bertz CT molecular complexity index is 679. The van der Waals surface area contributed by atoms with Gasteiger partial charge in [-0.1, -0.05) is 0 Å². The molecule has 120 valence electrons. The molecule has 0 saturated carbocycles. The predicted octanol–water partition coefficient (Wildman–Crippen LogP) is 0.365. The van der Waals surface area contributed by atoms with Gasteiger partial charge in [0.15, 0.2) is 9.84 Å². The molecule has 1 aliphatic rings. The second kappa shape index (κ2) is 6.74. The second-order valence-corrected chi connectivity index (χ2v) is 10.5. The van der Waals surface area contributed by atoms with Crippen LogP contribution in [0.15, 0.2) is 16.3 Å². The van der Waals surface area contributed by atoms with Crippen LogP contribution < -0.4 is 10.0 Å². The van der Waals surface area contributed by atoms with Gasteiger partial charge in [0.2, 0.25) is 10.0 Å². The van der Waals surface area contributed by atoms with E-state index in [1.54, 1.807) is 12.1 Å². The Kier molecular flexibility index (Phi) is 5.42. The van der Waals surface area contributed by atoms with Gasteiger partial charge in [-0.3, -0.25) is 0 Å². The maximum Gasteiger partial charge on any atom is 0.250 e. The zero-order valence-corrected chi connectivity index (χ0v) is 14.3. The molecule has 0 amide bonds. The minimum Gasteiger partial charge on any atom is -0.319 e. The second-order valence-electron chi connectivity index (χ2n) is 5.15. The molecule has 0 aliphatic carbocycles. The lowest BCUT2D eigenvalue weighted by atomic mass is 10.2. The molecule has 0 radical (unpaired) electrons. The van der Waals surface area contributed by atoms with Crippen molar-refractivity contribution in [2.75, 3.05) is 25.1 Å². The predicted molar refractivity (Wildman–Crippen MR) is 83.9 cm³/mol. The molecule has 21 heavy (non-hydrogen) atoms. The normalized spacial score (nSPS) is 22.2. The van der Waals surface area contributed by atoms with Crippen LogP contribution >= 0.6 is 11.3 Å². The Morgan fingerprint density at radius 1 is 1.38 bits per heavy atom. The number of hydrogen-bond acceptors (Lipinski definition) is 6. The lowest BCUT2D eigenvalue weighted by Gasteiger charge is -2.22. The molecule has 2 heterocycles. The van der Waals surface area contributed by atoms with Crippen molar-refractivity contribution in [3.63, 3.8) is 0 Å². The van der Waals surface area contributed by atoms with Crippen molar-refractivity contribution in [3.8, 4) is 0 Å². The highest BCUT2D eigenvalue weighted by atomic mass is 32.2. The van der Waals surface area contributed by atoms with Gasteiger partial charge in [-0.15, -0.1) is 11.3 Å². The maximum atomic E-state index is 12.3. The van der Waals surface area contributed by atoms with Gasteiger partial charge < -0.3 is 5.32 Å². The third-order valence-corrected chi connectivity index (χ3v) is 8.29. The fourth-order valence-electron chi connectivity index (χ4n) is 2.28. The van der Waals surface area contributed by atoms with Crippen LogP contribution in [0.2, 0.25) is 0 Å². The van der Waals surface area contributed by atoms with Gasteiger partial charge in [0, 0.05) is 10.9 Å². The van der Waals surface area contributed by atoms with Gasteiger partial charge in [0.1, 0.15) is 4.21 Å². The summed E-state index contributed by atoms with van der Waals surface area (Å²) in [5, 5.41) is 3.01. The molecule has 9 heteroatoms. The molecular weight excluding hydrogens is 332 g/mol. The summed E-state index contributed by atoms with van der Waals surface area (Å²) in [5.74, 6) is 0.0443. The molecule has 0 spiro atoms. The summed E-state index contributed by atoms with van der Waals surface area (Å²) in [6.07, 6.45) is 1.85. The molecule has 1 aromatic rings. The molecule has 1 fully saturated rings. The molecule has 1 aromatic heterocycles. The number of rotatable bonds is 6. The molecule has 1 atom stereocenters. The summed E-state index contributed by atoms with van der Waals surface area (Å²) >= 11 is 1.23. The minimum atomic E-state index is -3.63. The van der Waals surface area contributed by atoms with Crippen LogP contribution in [-0.4, -0.2) is 48.0 Å². The fraction of sp³-hybridized carbons (Fsp3) is 0.667. The van der Waals surface area contributed by atoms with E-state index in [4.69, 9.17) is 0 Å². The fourth-order valence-corrected chi connectivity index (χ4v) is 6.66. The average Bonchev–Trinajstić information content (AvgIpc) is 2.84. The molecule has 2 rings (SSSR count). The van der Waals surface area contributed by atoms with Crippen LogP contribution in [0, 0.1) is 0 Å². The molecule has 1 aliphatic heterocycles. The van der Waals surface area contributed by atoms with E-state index in [0.29, 0.717) is 12.8 Å². The smallest absolute Gasteiger partial charge is 0.250 e. The summed E-state index contributed by atoms with van der Waals surface area (Å²) < 4.78 is 50.5. The molecule has 0 aromatic carbocycles. The first-order valence-electron chi connectivity index (χ1n) is 6.78. The van der Waals surface area contributed by atoms with E-state index < -0.39 is 25.9 Å². The lowest BCUT2D eigenvalue weighted by Crippen LogP contribution is -2.42. The van der Waals surface area contributed by atoms with Crippen LogP contribution in [0.3, 0.4) is 0 Å². The zero-order valence-electron chi connectivity index (χ0n) is 11.8. The quantitative estimate of drug-likeness (QED) is 0.771. The van der Waals surface area contributed by atoms with Crippen molar-refractivity contribution < 1.29 is 16.8 Å². The monoisotopic (exact) mass is 352 g/mol. The van der Waals surface area contributed by atoms with E-state index in [0.717, 1.165) is 17.8 Å². The molecule has 1 unspecified atom stereocenters.